The summed E-state index contributed by atoms with van der Waals surface area (Å²) >= 11 is 1.14. The number of aromatic nitrogens is 1. The molecule has 1 unspecified atom stereocenters. The van der Waals surface area contributed by atoms with Gasteiger partial charge in [0.05, 0.1) is 10.6 Å². The van der Waals surface area contributed by atoms with E-state index in [1.54, 1.807) is 49.4 Å². The predicted octanol–water partition coefficient (Wildman–Crippen LogP) is 5.34. The monoisotopic (exact) mass is 498 g/mol. The summed E-state index contributed by atoms with van der Waals surface area (Å²) in [6, 6.07) is 18.9. The van der Waals surface area contributed by atoms with Gasteiger partial charge in [-0.3, -0.25) is 4.79 Å². The van der Waals surface area contributed by atoms with Crippen molar-refractivity contribution >= 4 is 27.1 Å². The van der Waals surface area contributed by atoms with Crippen LogP contribution in [0.25, 0.3) is 10.6 Å². The van der Waals surface area contributed by atoms with E-state index in [1.807, 2.05) is 0 Å². The zero-order chi connectivity index (χ0) is 24.3. The van der Waals surface area contributed by atoms with E-state index in [9.17, 15) is 22.0 Å². The summed E-state index contributed by atoms with van der Waals surface area (Å²) in [5, 5.41) is 2.20. The zero-order valence-electron chi connectivity index (χ0n) is 18.0. The third-order valence-electron chi connectivity index (χ3n) is 5.23. The number of carbonyl (C=O) groups is 1. The molecule has 1 atom stereocenters. The van der Waals surface area contributed by atoms with Gasteiger partial charge in [0.1, 0.15) is 26.8 Å². The van der Waals surface area contributed by atoms with Crippen molar-refractivity contribution < 1.29 is 22.0 Å². The number of amides is 1. The summed E-state index contributed by atoms with van der Waals surface area (Å²) in [6.07, 6.45) is 0. The van der Waals surface area contributed by atoms with Crippen molar-refractivity contribution in [2.75, 3.05) is 6.54 Å². The SMILES string of the molecule is Cc1nc(-c2ccc(F)cc2)sc1C(=O)NCC(c1ccccc1)S(=O)(=O)c1ccc(F)cc1. The molecule has 0 radical (unpaired) electrons. The molecule has 174 valence electrons. The minimum atomic E-state index is -3.93. The summed E-state index contributed by atoms with van der Waals surface area (Å²) in [7, 11) is -3.93. The summed E-state index contributed by atoms with van der Waals surface area (Å²) < 4.78 is 53.3. The summed E-state index contributed by atoms with van der Waals surface area (Å²) in [6.45, 7) is 1.49. The third-order valence-corrected chi connectivity index (χ3v) is 8.55. The highest BCUT2D eigenvalue weighted by atomic mass is 32.2. The molecule has 9 heteroatoms. The van der Waals surface area contributed by atoms with Crippen molar-refractivity contribution in [3.8, 4) is 10.6 Å². The Bertz CT molecular complexity index is 1400. The molecule has 0 fully saturated rings. The van der Waals surface area contributed by atoms with Gasteiger partial charge < -0.3 is 5.32 Å². The maximum absolute atomic E-state index is 13.4. The lowest BCUT2D eigenvalue weighted by molar-refractivity contribution is 0.0957. The first-order valence-electron chi connectivity index (χ1n) is 10.3. The molecular weight excluding hydrogens is 478 g/mol. The Hall–Kier alpha value is -3.43. The van der Waals surface area contributed by atoms with E-state index in [-0.39, 0.29) is 17.3 Å². The van der Waals surface area contributed by atoms with Crippen LogP contribution in [-0.4, -0.2) is 25.9 Å². The van der Waals surface area contributed by atoms with Gasteiger partial charge in [-0.15, -0.1) is 11.3 Å². The molecule has 0 aliphatic rings. The number of nitrogens with zero attached hydrogens (tertiary/aromatic N) is 1. The Labute approximate surface area is 200 Å². The first-order valence-corrected chi connectivity index (χ1v) is 12.7. The fraction of sp³-hybridized carbons (Fsp3) is 0.120. The van der Waals surface area contributed by atoms with Crippen molar-refractivity contribution in [3.05, 3.63) is 107 Å². The largest absolute Gasteiger partial charge is 0.350 e. The molecule has 1 heterocycles. The average Bonchev–Trinajstić information content (AvgIpc) is 3.22. The van der Waals surface area contributed by atoms with Crippen LogP contribution in [-0.2, 0) is 9.84 Å². The second-order valence-electron chi connectivity index (χ2n) is 7.55. The second kappa shape index (κ2) is 9.82. The van der Waals surface area contributed by atoms with Gasteiger partial charge >= 0.3 is 0 Å². The van der Waals surface area contributed by atoms with E-state index in [0.29, 0.717) is 26.7 Å². The average molecular weight is 499 g/mol. The summed E-state index contributed by atoms with van der Waals surface area (Å²) in [5.74, 6) is -1.37. The molecule has 5 nitrogen and oxygen atoms in total. The lowest BCUT2D eigenvalue weighted by Crippen LogP contribution is -2.31. The fourth-order valence-electron chi connectivity index (χ4n) is 3.45. The lowest BCUT2D eigenvalue weighted by atomic mass is 10.1. The zero-order valence-corrected chi connectivity index (χ0v) is 19.7. The molecule has 1 N–H and O–H groups in total. The number of hydrogen-bond acceptors (Lipinski definition) is 5. The molecule has 34 heavy (non-hydrogen) atoms. The van der Waals surface area contributed by atoms with Crippen LogP contribution in [0.15, 0.2) is 83.8 Å². The van der Waals surface area contributed by atoms with E-state index in [0.717, 1.165) is 23.5 Å². The maximum Gasteiger partial charge on any atom is 0.263 e. The molecule has 0 saturated carbocycles. The van der Waals surface area contributed by atoms with Gasteiger partial charge in [0.25, 0.3) is 5.91 Å². The van der Waals surface area contributed by atoms with Crippen molar-refractivity contribution in [1.29, 1.82) is 0 Å². The number of aryl methyl sites for hydroxylation is 1. The van der Waals surface area contributed by atoms with Crippen molar-refractivity contribution in [1.82, 2.24) is 10.3 Å². The summed E-state index contributed by atoms with van der Waals surface area (Å²) in [5.41, 5.74) is 1.66. The van der Waals surface area contributed by atoms with Crippen molar-refractivity contribution in [2.24, 2.45) is 0 Å². The van der Waals surface area contributed by atoms with Crippen LogP contribution < -0.4 is 5.32 Å². The predicted molar refractivity (Wildman–Crippen MR) is 127 cm³/mol. The van der Waals surface area contributed by atoms with Crippen LogP contribution in [0.1, 0.15) is 26.2 Å². The van der Waals surface area contributed by atoms with Gasteiger partial charge in [-0.25, -0.2) is 22.2 Å². The van der Waals surface area contributed by atoms with Crippen LogP contribution in [0.4, 0.5) is 8.78 Å². The number of sulfone groups is 1. The first-order chi connectivity index (χ1) is 16.3. The maximum atomic E-state index is 13.4. The quantitative estimate of drug-likeness (QED) is 0.349. The van der Waals surface area contributed by atoms with Crippen LogP contribution in [0, 0.1) is 18.6 Å². The number of benzene rings is 3. The van der Waals surface area contributed by atoms with E-state index >= 15 is 0 Å². The minimum Gasteiger partial charge on any atom is -0.350 e. The van der Waals surface area contributed by atoms with E-state index < -0.39 is 26.8 Å². The molecule has 0 saturated heterocycles. The molecule has 4 rings (SSSR count). The summed E-state index contributed by atoms with van der Waals surface area (Å²) in [4.78, 5) is 17.7. The van der Waals surface area contributed by atoms with E-state index in [2.05, 4.69) is 10.3 Å². The molecule has 3 aromatic carbocycles. The Morgan fingerprint density at radius 3 is 2.15 bits per heavy atom. The van der Waals surface area contributed by atoms with Crippen LogP contribution in [0.5, 0.6) is 0 Å². The van der Waals surface area contributed by atoms with Gasteiger partial charge in [0.15, 0.2) is 9.84 Å². The molecule has 0 spiro atoms. The Morgan fingerprint density at radius 1 is 0.941 bits per heavy atom. The Balaban J connectivity index is 1.59. The van der Waals surface area contributed by atoms with Gasteiger partial charge in [-0.1, -0.05) is 30.3 Å². The molecular formula is C25H20F2N2O3S2. The first kappa shape index (κ1) is 23.7. The van der Waals surface area contributed by atoms with Crippen molar-refractivity contribution in [3.63, 3.8) is 0 Å². The highest BCUT2D eigenvalue weighted by Crippen LogP contribution is 2.30. The number of nitrogens with one attached hydrogen (secondary N) is 1. The molecule has 1 aromatic heterocycles. The molecule has 4 aromatic rings. The molecule has 0 aliphatic carbocycles. The number of hydrogen-bond donors (Lipinski definition) is 1. The van der Waals surface area contributed by atoms with Crippen LogP contribution >= 0.6 is 11.3 Å². The lowest BCUT2D eigenvalue weighted by Gasteiger charge is -2.19. The van der Waals surface area contributed by atoms with E-state index in [4.69, 9.17) is 0 Å². The molecule has 0 aliphatic heterocycles. The second-order valence-corrected chi connectivity index (χ2v) is 10.7. The standard InChI is InChI=1S/C25H20F2N2O3S2/c1-16-23(33-25(29-16)18-7-9-19(26)10-8-18)24(30)28-15-22(17-5-3-2-4-6-17)34(31,32)21-13-11-20(27)12-14-21/h2-14,22H,15H2,1H3,(H,28,30). The van der Waals surface area contributed by atoms with Crippen LogP contribution in [0.3, 0.4) is 0 Å². The van der Waals surface area contributed by atoms with Crippen LogP contribution in [0.2, 0.25) is 0 Å². The normalized spacial score (nSPS) is 12.3. The van der Waals surface area contributed by atoms with Gasteiger partial charge in [0.2, 0.25) is 0 Å². The highest BCUT2D eigenvalue weighted by molar-refractivity contribution is 7.91. The minimum absolute atomic E-state index is 0.0374. The topological polar surface area (TPSA) is 76.1 Å². The highest BCUT2D eigenvalue weighted by Gasteiger charge is 2.30. The number of thiazole rings is 1. The van der Waals surface area contributed by atoms with Crippen molar-refractivity contribution in [2.45, 2.75) is 17.1 Å². The van der Waals surface area contributed by atoms with Gasteiger partial charge in [-0.05, 0) is 61.0 Å². The number of halogens is 2. The number of carbonyl (C=O) groups excluding carboxylic acids is 1. The smallest absolute Gasteiger partial charge is 0.263 e. The Kier molecular flexibility index (Phi) is 6.85. The molecule has 1 amide bonds. The fourth-order valence-corrected chi connectivity index (χ4v) is 6.10. The Morgan fingerprint density at radius 2 is 1.53 bits per heavy atom. The molecule has 0 bridgehead atoms. The van der Waals surface area contributed by atoms with E-state index in [1.165, 1.54) is 24.3 Å². The van der Waals surface area contributed by atoms with Gasteiger partial charge in [-0.2, -0.15) is 0 Å². The van der Waals surface area contributed by atoms with Gasteiger partial charge in [0, 0.05) is 12.1 Å². The number of rotatable bonds is 7. The third kappa shape index (κ3) is 5.05.